The topological polar surface area (TPSA) is 122 Å². The Morgan fingerprint density at radius 1 is 0.840 bits per heavy atom. The average molecular weight is 390 g/mol. The maximum absolute atomic E-state index is 9.99. The summed E-state index contributed by atoms with van der Waals surface area (Å²) in [6, 6.07) is 0. The number of nitrogens with zero attached hydrogens (tertiary/aromatic N) is 3. The second kappa shape index (κ2) is 23.0. The maximum atomic E-state index is 9.99. The third-order valence-electron chi connectivity index (χ3n) is 0.854. The number of hydrogen-bond donors (Lipinski definition) is 3. The molecule has 9 nitrogen and oxygen atoms in total. The van der Waals surface area contributed by atoms with Crippen molar-refractivity contribution in [2.45, 2.75) is 19.8 Å². The van der Waals surface area contributed by atoms with E-state index >= 15 is 0 Å². The standard InChI is InChI=1S/C6H10O2.3C3H9N.H2O4S/c1-3-4-5(2)6(7)8;3*1-4(2)3;1-5(2,3)4/h2-4H2,1H3,(H,7,8);3*1-3H3;(H2,1,2,3,4). The zero-order valence-electron chi connectivity index (χ0n) is 17.4. The Morgan fingerprint density at radius 2 is 1.00 bits per heavy atom. The van der Waals surface area contributed by atoms with Crippen LogP contribution in [0.1, 0.15) is 19.8 Å². The van der Waals surface area contributed by atoms with E-state index in [9.17, 15) is 4.79 Å². The van der Waals surface area contributed by atoms with Gasteiger partial charge in [0.05, 0.1) is 0 Å². The van der Waals surface area contributed by atoms with Crippen molar-refractivity contribution >= 4 is 16.4 Å². The van der Waals surface area contributed by atoms with Gasteiger partial charge in [-0.05, 0) is 69.8 Å². The van der Waals surface area contributed by atoms with Crippen LogP contribution in [0.15, 0.2) is 12.2 Å². The van der Waals surface area contributed by atoms with Crippen LogP contribution in [0.2, 0.25) is 0 Å². The van der Waals surface area contributed by atoms with Gasteiger partial charge in [0.2, 0.25) is 0 Å². The second-order valence-electron chi connectivity index (χ2n) is 6.13. The summed E-state index contributed by atoms with van der Waals surface area (Å²) in [4.78, 5) is 16.0. The van der Waals surface area contributed by atoms with E-state index in [2.05, 4.69) is 6.58 Å². The molecule has 0 aliphatic heterocycles. The number of aliphatic carboxylic acids is 1. The van der Waals surface area contributed by atoms with Gasteiger partial charge in [-0.3, -0.25) is 9.11 Å². The van der Waals surface area contributed by atoms with Gasteiger partial charge in [0.25, 0.3) is 0 Å². The summed E-state index contributed by atoms with van der Waals surface area (Å²) in [7, 11) is 13.3. The summed E-state index contributed by atoms with van der Waals surface area (Å²) in [6.07, 6.45) is 1.44. The molecule has 0 fully saturated rings. The van der Waals surface area contributed by atoms with Crippen LogP contribution in [0.25, 0.3) is 0 Å². The van der Waals surface area contributed by atoms with Crippen molar-refractivity contribution in [3.8, 4) is 0 Å². The number of rotatable bonds is 3. The fraction of sp³-hybridized carbons (Fsp3) is 0.800. The number of hydrogen-bond acceptors (Lipinski definition) is 6. The van der Waals surface area contributed by atoms with E-state index in [1.165, 1.54) is 0 Å². The fourth-order valence-electron chi connectivity index (χ4n) is 0.409. The molecule has 0 rings (SSSR count). The predicted molar refractivity (Wildman–Crippen MR) is 105 cm³/mol. The van der Waals surface area contributed by atoms with Gasteiger partial charge in [-0.2, -0.15) is 8.42 Å². The van der Waals surface area contributed by atoms with Gasteiger partial charge in [-0.15, -0.1) is 0 Å². The van der Waals surface area contributed by atoms with E-state index in [1.54, 1.807) is 0 Å². The van der Waals surface area contributed by atoms with E-state index in [-0.39, 0.29) is 0 Å². The van der Waals surface area contributed by atoms with Crippen LogP contribution in [-0.4, -0.2) is 107 Å². The van der Waals surface area contributed by atoms with Crippen LogP contribution in [-0.2, 0) is 15.2 Å². The molecule has 0 atom stereocenters. The van der Waals surface area contributed by atoms with Gasteiger partial charge >= 0.3 is 16.4 Å². The highest BCUT2D eigenvalue weighted by molar-refractivity contribution is 7.79. The van der Waals surface area contributed by atoms with Gasteiger partial charge in [0.1, 0.15) is 0 Å². The van der Waals surface area contributed by atoms with Crippen molar-refractivity contribution in [2.75, 3.05) is 63.4 Å². The molecule has 0 bridgehead atoms. The van der Waals surface area contributed by atoms with Crippen LogP contribution >= 0.6 is 0 Å². The quantitative estimate of drug-likeness (QED) is 0.484. The summed E-state index contributed by atoms with van der Waals surface area (Å²) >= 11 is 0. The molecule has 156 valence electrons. The van der Waals surface area contributed by atoms with Crippen LogP contribution in [0, 0.1) is 0 Å². The van der Waals surface area contributed by atoms with E-state index < -0.39 is 16.4 Å². The van der Waals surface area contributed by atoms with Crippen LogP contribution in [0.5, 0.6) is 0 Å². The van der Waals surface area contributed by atoms with E-state index in [4.69, 9.17) is 22.6 Å². The Balaban J connectivity index is -0.0000000694. The minimum atomic E-state index is -4.67. The Kier molecular flexibility index (Phi) is 32.3. The monoisotopic (exact) mass is 389 g/mol. The molecule has 25 heavy (non-hydrogen) atoms. The lowest BCUT2D eigenvalue weighted by molar-refractivity contribution is -0.132. The molecule has 0 heterocycles. The molecule has 0 amide bonds. The average Bonchev–Trinajstić information content (AvgIpc) is 2.23. The first-order valence-electron chi connectivity index (χ1n) is 7.32. The van der Waals surface area contributed by atoms with Crippen LogP contribution < -0.4 is 0 Å². The molecule has 10 heteroatoms. The third-order valence-corrected chi connectivity index (χ3v) is 0.854. The van der Waals surface area contributed by atoms with Crippen molar-refractivity contribution < 1.29 is 27.4 Å². The zero-order chi connectivity index (χ0) is 21.8. The predicted octanol–water partition coefficient (Wildman–Crippen LogP) is 1.31. The Morgan fingerprint density at radius 3 is 1.04 bits per heavy atom. The molecule has 0 saturated carbocycles. The maximum Gasteiger partial charge on any atom is 0.394 e. The first kappa shape index (κ1) is 35.1. The molecule has 3 N–H and O–H groups in total. The molecule has 0 aromatic carbocycles. The Hall–Kier alpha value is -1.04. The summed E-state index contributed by atoms with van der Waals surface area (Å²) < 4.78 is 31.6. The minimum Gasteiger partial charge on any atom is -0.478 e. The van der Waals surface area contributed by atoms with E-state index in [0.29, 0.717) is 12.0 Å². The first-order chi connectivity index (χ1) is 10.9. The number of carboxylic acids is 1. The number of carboxylic acid groups (broad SMARTS) is 1. The van der Waals surface area contributed by atoms with Crippen LogP contribution in [0.3, 0.4) is 0 Å². The molecule has 0 unspecified atom stereocenters. The molecular weight excluding hydrogens is 350 g/mol. The summed E-state index contributed by atoms with van der Waals surface area (Å²) in [6.45, 7) is 5.27. The lowest BCUT2D eigenvalue weighted by atomic mass is 10.2. The fourth-order valence-corrected chi connectivity index (χ4v) is 0.409. The van der Waals surface area contributed by atoms with Crippen LogP contribution in [0.4, 0.5) is 0 Å². The smallest absolute Gasteiger partial charge is 0.394 e. The minimum absolute atomic E-state index is 0.299. The summed E-state index contributed by atoms with van der Waals surface area (Å²) in [5, 5.41) is 8.21. The molecular formula is C15H39N3O6S. The highest BCUT2D eigenvalue weighted by Crippen LogP contribution is 1.99. The van der Waals surface area contributed by atoms with Gasteiger partial charge in [0, 0.05) is 5.57 Å². The highest BCUT2D eigenvalue weighted by Gasteiger charge is 1.99. The molecule has 0 spiro atoms. The van der Waals surface area contributed by atoms with Gasteiger partial charge in [-0.1, -0.05) is 19.9 Å². The van der Waals surface area contributed by atoms with E-state index in [1.807, 2.05) is 85.1 Å². The molecule has 0 aromatic heterocycles. The molecule has 0 aromatic rings. The van der Waals surface area contributed by atoms with Crippen molar-refractivity contribution in [3.05, 3.63) is 12.2 Å². The SMILES string of the molecule is C=C(CCC)C(=O)O.CN(C)C.CN(C)C.CN(C)C.O=S(=O)(O)O. The lowest BCUT2D eigenvalue weighted by Crippen LogP contribution is -1.99. The van der Waals surface area contributed by atoms with Crippen molar-refractivity contribution in [3.63, 3.8) is 0 Å². The first-order valence-corrected chi connectivity index (χ1v) is 8.71. The van der Waals surface area contributed by atoms with Crippen molar-refractivity contribution in [2.24, 2.45) is 0 Å². The Bertz CT molecular complexity index is 366. The second-order valence-corrected chi connectivity index (χ2v) is 7.03. The van der Waals surface area contributed by atoms with Crippen molar-refractivity contribution in [1.29, 1.82) is 0 Å². The highest BCUT2D eigenvalue weighted by atomic mass is 32.3. The van der Waals surface area contributed by atoms with Gasteiger partial charge < -0.3 is 19.8 Å². The number of carbonyl (C=O) groups is 1. The molecule has 0 aliphatic carbocycles. The van der Waals surface area contributed by atoms with Gasteiger partial charge in [0.15, 0.2) is 0 Å². The molecule has 0 aliphatic rings. The molecule has 0 radical (unpaired) electrons. The zero-order valence-corrected chi connectivity index (χ0v) is 18.3. The Labute approximate surface area is 154 Å². The van der Waals surface area contributed by atoms with E-state index in [0.717, 1.165) is 6.42 Å². The normalized spacial score (nSPS) is 9.40. The largest absolute Gasteiger partial charge is 0.478 e. The van der Waals surface area contributed by atoms with Gasteiger partial charge in [-0.25, -0.2) is 4.79 Å². The summed E-state index contributed by atoms with van der Waals surface area (Å²) in [5.74, 6) is -0.883. The van der Waals surface area contributed by atoms with Crippen molar-refractivity contribution in [1.82, 2.24) is 14.7 Å². The molecule has 0 saturated heterocycles. The summed E-state index contributed by atoms with van der Waals surface area (Å²) in [5.41, 5.74) is 0.299. The third kappa shape index (κ3) is 284. The lowest BCUT2D eigenvalue weighted by Gasteiger charge is -1.92.